The molecule has 0 fully saturated rings. The molecule has 1 unspecified atom stereocenters. The average Bonchev–Trinajstić information content (AvgIpc) is 3.16. The molecule has 1 atom stereocenters. The van der Waals surface area contributed by atoms with Crippen LogP contribution in [-0.4, -0.2) is 14.5 Å². The van der Waals surface area contributed by atoms with E-state index in [2.05, 4.69) is 29.0 Å². The zero-order valence-electron chi connectivity index (χ0n) is 16.0. The summed E-state index contributed by atoms with van der Waals surface area (Å²) >= 11 is 0. The zero-order valence-corrected chi connectivity index (χ0v) is 16.0. The van der Waals surface area contributed by atoms with Crippen molar-refractivity contribution in [1.82, 2.24) is 14.5 Å². The average molecular weight is 399 g/mol. The predicted octanol–water partition coefficient (Wildman–Crippen LogP) is 5.11. The summed E-state index contributed by atoms with van der Waals surface area (Å²) in [5.41, 5.74) is 0.702. The highest BCUT2D eigenvalue weighted by molar-refractivity contribution is 5.89. The van der Waals surface area contributed by atoms with Crippen LogP contribution < -0.4 is 5.56 Å². The maximum atomic E-state index is 13.1. The Hall–Kier alpha value is -3.09. The summed E-state index contributed by atoms with van der Waals surface area (Å²) in [6, 6.07) is 4.27. The fourth-order valence-electron chi connectivity index (χ4n) is 3.96. The fraction of sp³-hybridized carbons (Fsp3) is 0.273. The first kappa shape index (κ1) is 19.2. The van der Waals surface area contributed by atoms with Gasteiger partial charge in [0.1, 0.15) is 11.2 Å². The number of pyridine rings is 2. The second-order valence-electron chi connectivity index (χ2n) is 7.36. The van der Waals surface area contributed by atoms with Crippen LogP contribution in [0, 0.1) is 0 Å². The van der Waals surface area contributed by atoms with Gasteiger partial charge < -0.3 is 9.55 Å². The van der Waals surface area contributed by atoms with Gasteiger partial charge in [-0.15, -0.1) is 0 Å². The van der Waals surface area contributed by atoms with E-state index in [1.807, 2.05) is 18.3 Å². The SMILES string of the molecule is CCC1(c2cn(C)c(=O)c3[nH]c(-c4ccnc(C(F)(F)F)c4)cc23)C=CC=CC1. The number of fused-ring (bicyclic) bond motifs is 1. The van der Waals surface area contributed by atoms with Crippen molar-refractivity contribution < 1.29 is 13.2 Å². The molecule has 0 saturated heterocycles. The standard InChI is InChI=1S/C22H20F3N3O/c1-3-21(8-5-4-6-9-21)16-13-28(2)20(29)19-15(16)12-17(27-19)14-7-10-26-18(11-14)22(23,24)25/h4-8,10-13,27H,3,9H2,1-2H3. The van der Waals surface area contributed by atoms with Gasteiger partial charge in [-0.3, -0.25) is 9.78 Å². The largest absolute Gasteiger partial charge is 0.433 e. The Morgan fingerprint density at radius 1 is 1.28 bits per heavy atom. The molecule has 29 heavy (non-hydrogen) atoms. The van der Waals surface area contributed by atoms with Crippen LogP contribution in [0.3, 0.4) is 0 Å². The van der Waals surface area contributed by atoms with Gasteiger partial charge in [0, 0.05) is 41.5 Å². The van der Waals surface area contributed by atoms with E-state index in [0.29, 0.717) is 16.8 Å². The Balaban J connectivity index is 1.95. The topological polar surface area (TPSA) is 50.7 Å². The summed E-state index contributed by atoms with van der Waals surface area (Å²) in [6.07, 6.45) is 8.26. The van der Waals surface area contributed by atoms with Crippen molar-refractivity contribution in [2.24, 2.45) is 7.05 Å². The molecule has 4 nitrogen and oxygen atoms in total. The number of aromatic nitrogens is 3. The third-order valence-corrected chi connectivity index (χ3v) is 5.64. The Morgan fingerprint density at radius 2 is 2.07 bits per heavy atom. The molecular formula is C22H20F3N3O. The lowest BCUT2D eigenvalue weighted by atomic mass is 9.73. The summed E-state index contributed by atoms with van der Waals surface area (Å²) in [5.74, 6) is 0. The van der Waals surface area contributed by atoms with Crippen LogP contribution in [0.2, 0.25) is 0 Å². The van der Waals surface area contributed by atoms with Crippen LogP contribution in [-0.2, 0) is 18.6 Å². The summed E-state index contributed by atoms with van der Waals surface area (Å²) < 4.78 is 40.7. The molecule has 4 rings (SSSR count). The molecule has 0 bridgehead atoms. The number of rotatable bonds is 3. The van der Waals surface area contributed by atoms with E-state index in [-0.39, 0.29) is 11.0 Å². The molecule has 3 aromatic heterocycles. The first-order valence-electron chi connectivity index (χ1n) is 9.36. The summed E-state index contributed by atoms with van der Waals surface area (Å²) in [6.45, 7) is 2.09. The lowest BCUT2D eigenvalue weighted by Crippen LogP contribution is -2.27. The molecule has 150 valence electrons. The molecule has 0 saturated carbocycles. The number of alkyl halides is 3. The van der Waals surface area contributed by atoms with Crippen molar-refractivity contribution in [2.45, 2.75) is 31.4 Å². The lowest BCUT2D eigenvalue weighted by molar-refractivity contribution is -0.141. The van der Waals surface area contributed by atoms with Crippen LogP contribution in [0.15, 0.2) is 59.7 Å². The molecule has 3 aromatic rings. The fourth-order valence-corrected chi connectivity index (χ4v) is 3.96. The third-order valence-electron chi connectivity index (χ3n) is 5.64. The molecule has 1 N–H and O–H groups in total. The first-order valence-corrected chi connectivity index (χ1v) is 9.36. The van der Waals surface area contributed by atoms with E-state index in [9.17, 15) is 18.0 Å². The highest BCUT2D eigenvalue weighted by atomic mass is 19.4. The van der Waals surface area contributed by atoms with Gasteiger partial charge in [0.15, 0.2) is 0 Å². The monoisotopic (exact) mass is 399 g/mol. The van der Waals surface area contributed by atoms with Crippen LogP contribution in [0.1, 0.15) is 31.0 Å². The number of allylic oxidation sites excluding steroid dienone is 4. The molecule has 3 heterocycles. The maximum absolute atomic E-state index is 13.1. The minimum atomic E-state index is -4.53. The number of nitrogens with one attached hydrogen (secondary N) is 1. The summed E-state index contributed by atoms with van der Waals surface area (Å²) in [5, 5.41) is 0.732. The molecule has 1 aliphatic rings. The highest BCUT2D eigenvalue weighted by Gasteiger charge is 2.33. The van der Waals surface area contributed by atoms with E-state index < -0.39 is 11.9 Å². The number of hydrogen-bond acceptors (Lipinski definition) is 2. The molecule has 1 aliphatic carbocycles. The molecule has 0 aromatic carbocycles. The van der Waals surface area contributed by atoms with Crippen LogP contribution in [0.5, 0.6) is 0 Å². The van der Waals surface area contributed by atoms with Gasteiger partial charge in [0.2, 0.25) is 0 Å². The lowest BCUT2D eigenvalue weighted by Gasteiger charge is -2.31. The van der Waals surface area contributed by atoms with Crippen molar-refractivity contribution in [3.63, 3.8) is 0 Å². The minimum Gasteiger partial charge on any atom is -0.350 e. The summed E-state index contributed by atoms with van der Waals surface area (Å²) in [4.78, 5) is 19.2. The number of H-pyrrole nitrogens is 1. The number of halogens is 3. The first-order chi connectivity index (χ1) is 13.7. The normalized spacial score (nSPS) is 19.2. The van der Waals surface area contributed by atoms with E-state index in [4.69, 9.17) is 0 Å². The Kier molecular flexibility index (Phi) is 4.48. The number of hydrogen-bond donors (Lipinski definition) is 1. The minimum absolute atomic E-state index is 0.221. The third kappa shape index (κ3) is 3.20. The van der Waals surface area contributed by atoms with Crippen molar-refractivity contribution in [3.8, 4) is 11.3 Å². The van der Waals surface area contributed by atoms with Gasteiger partial charge in [-0.2, -0.15) is 13.2 Å². The molecule has 0 radical (unpaired) electrons. The number of nitrogens with zero attached hydrogens (tertiary/aromatic N) is 2. The summed E-state index contributed by atoms with van der Waals surface area (Å²) in [7, 11) is 1.69. The molecular weight excluding hydrogens is 379 g/mol. The number of aryl methyl sites for hydroxylation is 1. The van der Waals surface area contributed by atoms with E-state index in [1.165, 1.54) is 10.6 Å². The molecule has 0 spiro atoms. The van der Waals surface area contributed by atoms with Crippen LogP contribution in [0.4, 0.5) is 13.2 Å². The van der Waals surface area contributed by atoms with Gasteiger partial charge in [-0.25, -0.2) is 0 Å². The van der Waals surface area contributed by atoms with Crippen molar-refractivity contribution in [2.75, 3.05) is 0 Å². The Bertz CT molecular complexity index is 1200. The Morgan fingerprint density at radius 3 is 2.72 bits per heavy atom. The van der Waals surface area contributed by atoms with Crippen LogP contribution in [0.25, 0.3) is 22.2 Å². The zero-order chi connectivity index (χ0) is 20.8. The van der Waals surface area contributed by atoms with Gasteiger partial charge in [-0.05, 0) is 36.6 Å². The smallest absolute Gasteiger partial charge is 0.350 e. The van der Waals surface area contributed by atoms with E-state index in [1.54, 1.807) is 13.1 Å². The van der Waals surface area contributed by atoms with Crippen molar-refractivity contribution >= 4 is 10.9 Å². The highest BCUT2D eigenvalue weighted by Crippen LogP contribution is 2.40. The quantitative estimate of drug-likeness (QED) is 0.665. The maximum Gasteiger partial charge on any atom is 0.433 e. The predicted molar refractivity (Wildman–Crippen MR) is 107 cm³/mol. The van der Waals surface area contributed by atoms with E-state index in [0.717, 1.165) is 36.1 Å². The van der Waals surface area contributed by atoms with Crippen molar-refractivity contribution in [3.05, 3.63) is 76.5 Å². The Labute approximate surface area is 165 Å². The second-order valence-corrected chi connectivity index (χ2v) is 7.36. The van der Waals surface area contributed by atoms with E-state index >= 15 is 0 Å². The molecule has 0 aliphatic heterocycles. The number of aromatic amines is 1. The molecule has 7 heteroatoms. The molecule has 0 amide bonds. The van der Waals surface area contributed by atoms with Gasteiger partial charge in [-0.1, -0.05) is 31.2 Å². The van der Waals surface area contributed by atoms with Crippen molar-refractivity contribution in [1.29, 1.82) is 0 Å². The second kappa shape index (κ2) is 6.76. The van der Waals surface area contributed by atoms with Crippen LogP contribution >= 0.6 is 0 Å². The van der Waals surface area contributed by atoms with Gasteiger partial charge in [0.05, 0.1) is 0 Å². The van der Waals surface area contributed by atoms with Gasteiger partial charge >= 0.3 is 6.18 Å². The van der Waals surface area contributed by atoms with Gasteiger partial charge in [0.25, 0.3) is 5.56 Å².